The minimum absolute atomic E-state index is 0.00929. The van der Waals surface area contributed by atoms with Crippen molar-refractivity contribution in [3.63, 3.8) is 0 Å². The molecule has 0 radical (unpaired) electrons. The summed E-state index contributed by atoms with van der Waals surface area (Å²) in [6.07, 6.45) is 0. The average Bonchev–Trinajstić information content (AvgIpc) is 2.75. The van der Waals surface area contributed by atoms with Crippen LogP contribution in [0.2, 0.25) is 5.02 Å². The summed E-state index contributed by atoms with van der Waals surface area (Å²) in [4.78, 5) is 27.3. The molecule has 1 saturated heterocycles. The van der Waals surface area contributed by atoms with Crippen LogP contribution in [0.4, 0.5) is 0 Å². The average molecular weight is 413 g/mol. The monoisotopic (exact) mass is 412 g/mol. The Morgan fingerprint density at radius 2 is 1.86 bits per heavy atom. The van der Waals surface area contributed by atoms with E-state index in [1.807, 2.05) is 30.3 Å². The Kier molecular flexibility index (Phi) is 5.94. The van der Waals surface area contributed by atoms with Crippen LogP contribution in [0.25, 0.3) is 11.0 Å². The van der Waals surface area contributed by atoms with Gasteiger partial charge < -0.3 is 14.5 Å². The smallest absolute Gasteiger partial charge is 0.287 e. The maximum Gasteiger partial charge on any atom is 0.287 e. The SMILES string of the molecule is O=C(NCC(c1ccccc1)N1CCOCC1)c1cc(=O)c2cc(Cl)ccc2o1. The van der Waals surface area contributed by atoms with Gasteiger partial charge in [0.05, 0.1) is 24.6 Å². The molecule has 1 fully saturated rings. The van der Waals surface area contributed by atoms with Gasteiger partial charge in [-0.1, -0.05) is 41.9 Å². The lowest BCUT2D eigenvalue weighted by Gasteiger charge is -2.34. The number of carbonyl (C=O) groups excluding carboxylic acids is 1. The van der Waals surface area contributed by atoms with Crippen molar-refractivity contribution < 1.29 is 13.9 Å². The first kappa shape index (κ1) is 19.6. The highest BCUT2D eigenvalue weighted by Gasteiger charge is 2.24. The third kappa shape index (κ3) is 4.50. The molecule has 0 aliphatic carbocycles. The molecule has 3 aromatic rings. The fourth-order valence-corrected chi connectivity index (χ4v) is 3.71. The molecule has 0 saturated carbocycles. The molecule has 1 aliphatic rings. The van der Waals surface area contributed by atoms with Crippen molar-refractivity contribution in [3.8, 4) is 0 Å². The highest BCUT2D eigenvalue weighted by atomic mass is 35.5. The molecule has 0 bridgehead atoms. The summed E-state index contributed by atoms with van der Waals surface area (Å²) in [5.74, 6) is -0.438. The van der Waals surface area contributed by atoms with E-state index in [1.165, 1.54) is 12.1 Å². The van der Waals surface area contributed by atoms with Gasteiger partial charge in [0, 0.05) is 30.7 Å². The number of fused-ring (bicyclic) bond motifs is 1. The Balaban J connectivity index is 1.54. The van der Waals surface area contributed by atoms with Crippen molar-refractivity contribution in [2.24, 2.45) is 0 Å². The van der Waals surface area contributed by atoms with E-state index in [2.05, 4.69) is 10.2 Å². The normalized spacial score (nSPS) is 15.9. The number of hydrogen-bond acceptors (Lipinski definition) is 5. The summed E-state index contributed by atoms with van der Waals surface area (Å²) in [7, 11) is 0. The minimum Gasteiger partial charge on any atom is -0.451 e. The van der Waals surface area contributed by atoms with E-state index in [4.69, 9.17) is 20.8 Å². The van der Waals surface area contributed by atoms with E-state index in [0.29, 0.717) is 35.8 Å². The molecule has 0 spiro atoms. The van der Waals surface area contributed by atoms with Crippen molar-refractivity contribution in [3.05, 3.63) is 81.2 Å². The number of nitrogens with one attached hydrogen (secondary N) is 1. The Bertz CT molecular complexity index is 1060. The molecule has 1 N–H and O–H groups in total. The molecule has 1 aliphatic heterocycles. The lowest BCUT2D eigenvalue weighted by Crippen LogP contribution is -2.43. The van der Waals surface area contributed by atoms with Crippen LogP contribution in [0.15, 0.2) is 63.8 Å². The third-order valence-corrected chi connectivity index (χ3v) is 5.27. The van der Waals surface area contributed by atoms with Crippen molar-refractivity contribution >= 4 is 28.5 Å². The van der Waals surface area contributed by atoms with Gasteiger partial charge in [-0.3, -0.25) is 14.5 Å². The number of benzene rings is 2. The number of morpholine rings is 1. The van der Waals surface area contributed by atoms with Gasteiger partial charge in [-0.25, -0.2) is 0 Å². The van der Waals surface area contributed by atoms with Crippen LogP contribution in [-0.4, -0.2) is 43.7 Å². The maximum absolute atomic E-state index is 12.7. The topological polar surface area (TPSA) is 71.8 Å². The Morgan fingerprint density at radius 3 is 2.62 bits per heavy atom. The number of rotatable bonds is 5. The fourth-order valence-electron chi connectivity index (χ4n) is 3.54. The quantitative estimate of drug-likeness (QED) is 0.696. The van der Waals surface area contributed by atoms with Crippen LogP contribution in [0.1, 0.15) is 22.2 Å². The van der Waals surface area contributed by atoms with Crippen molar-refractivity contribution in [1.29, 1.82) is 0 Å². The van der Waals surface area contributed by atoms with Gasteiger partial charge in [0.15, 0.2) is 11.2 Å². The zero-order chi connectivity index (χ0) is 20.2. The third-order valence-electron chi connectivity index (χ3n) is 5.04. The summed E-state index contributed by atoms with van der Waals surface area (Å²) < 4.78 is 11.1. The van der Waals surface area contributed by atoms with Crippen LogP contribution in [0.3, 0.4) is 0 Å². The zero-order valence-electron chi connectivity index (χ0n) is 15.8. The largest absolute Gasteiger partial charge is 0.451 e. The summed E-state index contributed by atoms with van der Waals surface area (Å²) in [6.45, 7) is 3.31. The fraction of sp³-hybridized carbons (Fsp3) is 0.273. The molecular formula is C22H21ClN2O4. The molecule has 2 heterocycles. The minimum atomic E-state index is -0.423. The van der Waals surface area contributed by atoms with E-state index < -0.39 is 5.91 Å². The lowest BCUT2D eigenvalue weighted by molar-refractivity contribution is 0.0161. The molecule has 6 nitrogen and oxygen atoms in total. The van der Waals surface area contributed by atoms with Crippen LogP contribution >= 0.6 is 11.6 Å². The predicted octanol–water partition coefficient (Wildman–Crippen LogP) is 3.25. The number of nitrogens with zero attached hydrogens (tertiary/aromatic N) is 1. The van der Waals surface area contributed by atoms with Gasteiger partial charge in [0.25, 0.3) is 5.91 Å². The summed E-state index contributed by atoms with van der Waals surface area (Å²) in [5, 5.41) is 3.71. The highest BCUT2D eigenvalue weighted by Crippen LogP contribution is 2.22. The molecule has 150 valence electrons. The van der Waals surface area contributed by atoms with E-state index in [1.54, 1.807) is 12.1 Å². The predicted molar refractivity (Wildman–Crippen MR) is 111 cm³/mol. The Hall–Kier alpha value is -2.67. The molecule has 1 aromatic heterocycles. The van der Waals surface area contributed by atoms with E-state index in [9.17, 15) is 9.59 Å². The standard InChI is InChI=1S/C22H21ClN2O4/c23-16-6-7-20-17(12-16)19(26)13-21(29-20)22(27)24-14-18(15-4-2-1-3-5-15)25-8-10-28-11-9-25/h1-7,12-13,18H,8-11,14H2,(H,24,27). The first-order chi connectivity index (χ1) is 14.1. The second-order valence-electron chi connectivity index (χ2n) is 6.90. The molecule has 4 rings (SSSR count). The first-order valence-corrected chi connectivity index (χ1v) is 9.88. The molecule has 7 heteroatoms. The van der Waals surface area contributed by atoms with Crippen molar-refractivity contribution in [2.45, 2.75) is 6.04 Å². The highest BCUT2D eigenvalue weighted by molar-refractivity contribution is 6.31. The lowest BCUT2D eigenvalue weighted by atomic mass is 10.0. The van der Waals surface area contributed by atoms with Crippen LogP contribution in [0, 0.1) is 0 Å². The zero-order valence-corrected chi connectivity index (χ0v) is 16.5. The van der Waals surface area contributed by atoms with Crippen molar-refractivity contribution in [1.82, 2.24) is 10.2 Å². The van der Waals surface area contributed by atoms with Gasteiger partial charge >= 0.3 is 0 Å². The maximum atomic E-state index is 12.7. The first-order valence-electron chi connectivity index (χ1n) is 9.50. The van der Waals surface area contributed by atoms with E-state index in [-0.39, 0.29) is 17.2 Å². The van der Waals surface area contributed by atoms with E-state index in [0.717, 1.165) is 18.7 Å². The summed E-state index contributed by atoms with van der Waals surface area (Å²) in [5.41, 5.74) is 1.15. The number of amides is 1. The number of ether oxygens (including phenoxy) is 1. The van der Waals surface area contributed by atoms with Crippen molar-refractivity contribution in [2.75, 3.05) is 32.8 Å². The molecule has 1 atom stereocenters. The van der Waals surface area contributed by atoms with Gasteiger partial charge in [-0.05, 0) is 23.8 Å². The summed E-state index contributed by atoms with van der Waals surface area (Å²) in [6, 6.07) is 16.0. The Morgan fingerprint density at radius 1 is 1.10 bits per heavy atom. The van der Waals surface area contributed by atoms with Gasteiger partial charge in [-0.15, -0.1) is 0 Å². The molecular weight excluding hydrogens is 392 g/mol. The summed E-state index contributed by atoms with van der Waals surface area (Å²) >= 11 is 5.94. The van der Waals surface area contributed by atoms with Gasteiger partial charge in [-0.2, -0.15) is 0 Å². The van der Waals surface area contributed by atoms with Gasteiger partial charge in [0.2, 0.25) is 0 Å². The molecule has 1 amide bonds. The molecule has 1 unspecified atom stereocenters. The van der Waals surface area contributed by atoms with Crippen LogP contribution < -0.4 is 10.7 Å². The Labute approximate surface area is 173 Å². The molecule has 29 heavy (non-hydrogen) atoms. The van der Waals surface area contributed by atoms with Crippen LogP contribution in [0.5, 0.6) is 0 Å². The number of halogens is 1. The second kappa shape index (κ2) is 8.78. The number of carbonyl (C=O) groups is 1. The second-order valence-corrected chi connectivity index (χ2v) is 7.34. The number of hydrogen-bond donors (Lipinski definition) is 1. The van der Waals surface area contributed by atoms with E-state index >= 15 is 0 Å². The van der Waals surface area contributed by atoms with Gasteiger partial charge in [0.1, 0.15) is 5.58 Å². The van der Waals surface area contributed by atoms with Crippen LogP contribution in [-0.2, 0) is 4.74 Å². The molecule has 2 aromatic carbocycles.